The van der Waals surface area contributed by atoms with Crippen molar-refractivity contribution >= 4 is 40.0 Å². The Morgan fingerprint density at radius 2 is 1.77 bits per heavy atom. The van der Waals surface area contributed by atoms with Crippen LogP contribution in [-0.4, -0.2) is 25.8 Å². The van der Waals surface area contributed by atoms with Gasteiger partial charge in [-0.25, -0.2) is 0 Å². The van der Waals surface area contributed by atoms with Crippen molar-refractivity contribution in [2.75, 3.05) is 19.8 Å². The fourth-order valence-electron chi connectivity index (χ4n) is 7.57. The van der Waals surface area contributed by atoms with Gasteiger partial charge >= 0.3 is 5.97 Å². The van der Waals surface area contributed by atoms with Gasteiger partial charge in [0.2, 0.25) is 0 Å². The van der Waals surface area contributed by atoms with E-state index < -0.39 is 0 Å². The smallest absolute Gasteiger partial charge is 0.309 e. The molecule has 0 amide bonds. The van der Waals surface area contributed by atoms with Gasteiger partial charge in [0.15, 0.2) is 11.5 Å². The van der Waals surface area contributed by atoms with Crippen LogP contribution < -0.4 is 9.47 Å². The van der Waals surface area contributed by atoms with E-state index in [1.807, 2.05) is 22.7 Å². The largest absolute Gasteiger partial charge is 0.485 e. The molecule has 7 heteroatoms. The van der Waals surface area contributed by atoms with E-state index in [-0.39, 0.29) is 22.7 Å². The number of allylic oxidation sites excluding steroid dienone is 4. The highest BCUT2D eigenvalue weighted by Gasteiger charge is 2.46. The minimum absolute atomic E-state index is 0.00861. The molecule has 226 valence electrons. The molecule has 3 aromatic rings. The molecule has 1 saturated carbocycles. The third kappa shape index (κ3) is 5.33. The molecule has 4 aliphatic carbocycles. The van der Waals surface area contributed by atoms with Crippen molar-refractivity contribution in [3.8, 4) is 31.0 Å². The van der Waals surface area contributed by atoms with Crippen LogP contribution in [0.15, 0.2) is 40.6 Å². The van der Waals surface area contributed by atoms with E-state index in [0.29, 0.717) is 38.1 Å². The monoisotopic (exact) mass is 632 g/mol. The SMILES string of the molecule is CC1(C)C=CC(C)(C)CC(C(=O)OCCc2cc(-c3scc4c3OCCO4)sc2-c2scc3c2C2CC2CCC2=CC23)C1. The van der Waals surface area contributed by atoms with Gasteiger partial charge in [0, 0.05) is 32.4 Å². The van der Waals surface area contributed by atoms with Crippen molar-refractivity contribution in [3.05, 3.63) is 57.3 Å². The Labute approximate surface area is 266 Å². The predicted molar refractivity (Wildman–Crippen MR) is 177 cm³/mol. The lowest BCUT2D eigenvalue weighted by Gasteiger charge is -2.26. The van der Waals surface area contributed by atoms with Crippen molar-refractivity contribution < 1.29 is 19.0 Å². The van der Waals surface area contributed by atoms with Crippen LogP contribution in [0.25, 0.3) is 19.5 Å². The molecule has 0 N–H and O–H groups in total. The average molecular weight is 633 g/mol. The van der Waals surface area contributed by atoms with Gasteiger partial charge in [-0.2, -0.15) is 0 Å². The van der Waals surface area contributed by atoms with Gasteiger partial charge in [-0.05, 0) is 82.9 Å². The summed E-state index contributed by atoms with van der Waals surface area (Å²) in [4.78, 5) is 18.6. The molecule has 4 nitrogen and oxygen atoms in total. The molecule has 1 fully saturated rings. The lowest BCUT2D eigenvalue weighted by molar-refractivity contribution is -0.150. The molecule has 0 spiro atoms. The molecule has 5 aliphatic rings. The third-order valence-electron chi connectivity index (χ3n) is 9.98. The van der Waals surface area contributed by atoms with Gasteiger partial charge in [0.25, 0.3) is 0 Å². The fraction of sp³-hybridized carbons (Fsp3) is 0.528. The summed E-state index contributed by atoms with van der Waals surface area (Å²) in [5, 5.41) is 4.52. The van der Waals surface area contributed by atoms with Gasteiger partial charge in [-0.1, -0.05) is 51.5 Å². The van der Waals surface area contributed by atoms with Crippen molar-refractivity contribution in [1.82, 2.24) is 0 Å². The van der Waals surface area contributed by atoms with Crippen LogP contribution in [0.5, 0.6) is 11.5 Å². The summed E-state index contributed by atoms with van der Waals surface area (Å²) in [5.74, 6) is 3.70. The Kier molecular flexibility index (Phi) is 6.77. The number of carbonyl (C=O) groups is 1. The summed E-state index contributed by atoms with van der Waals surface area (Å²) < 4.78 is 18.1. The van der Waals surface area contributed by atoms with Crippen LogP contribution in [0.3, 0.4) is 0 Å². The molecule has 3 aromatic heterocycles. The van der Waals surface area contributed by atoms with Crippen LogP contribution in [0, 0.1) is 22.7 Å². The van der Waals surface area contributed by atoms with Crippen molar-refractivity contribution in [1.29, 1.82) is 0 Å². The molecule has 0 radical (unpaired) electrons. The van der Waals surface area contributed by atoms with E-state index in [0.717, 1.165) is 35.1 Å². The molecular weight excluding hydrogens is 593 g/mol. The second-order valence-electron chi connectivity index (χ2n) is 14.5. The summed E-state index contributed by atoms with van der Waals surface area (Å²) in [7, 11) is 0. The lowest BCUT2D eigenvalue weighted by Crippen LogP contribution is -2.26. The molecular formula is C36H40O4S3. The molecule has 3 unspecified atom stereocenters. The Morgan fingerprint density at radius 1 is 1.00 bits per heavy atom. The van der Waals surface area contributed by atoms with Crippen molar-refractivity contribution in [3.63, 3.8) is 0 Å². The van der Waals surface area contributed by atoms with Crippen LogP contribution in [0.2, 0.25) is 0 Å². The standard InChI is InChI=1S/C36H40O4S3/c1-35(2)8-9-36(3,4)17-23(16-35)34(37)40-10-7-22-15-28(32-30-27(19-42-32)38-11-12-39-30)43-31(22)33-29-25-14-21(25)6-5-20-13-24(20)26(29)18-41-33/h8-9,13,15,18-19,21,23-25H,5-7,10-12,14,16-17H2,1-4H3. The number of ether oxygens (including phenoxy) is 3. The first-order valence-electron chi connectivity index (χ1n) is 15.9. The number of carbonyl (C=O) groups excluding carboxylic acids is 1. The first-order valence-corrected chi connectivity index (χ1v) is 18.4. The van der Waals surface area contributed by atoms with E-state index in [1.54, 1.807) is 28.0 Å². The summed E-state index contributed by atoms with van der Waals surface area (Å²) >= 11 is 5.50. The van der Waals surface area contributed by atoms with E-state index in [1.165, 1.54) is 39.5 Å². The Balaban J connectivity index is 1.09. The molecule has 43 heavy (non-hydrogen) atoms. The van der Waals surface area contributed by atoms with Crippen molar-refractivity contribution in [2.24, 2.45) is 22.7 Å². The Hall–Kier alpha value is -2.35. The number of hydrogen-bond acceptors (Lipinski definition) is 7. The van der Waals surface area contributed by atoms with Crippen LogP contribution >= 0.6 is 34.0 Å². The second kappa shape index (κ2) is 10.3. The van der Waals surface area contributed by atoms with Crippen molar-refractivity contribution in [2.45, 2.75) is 78.1 Å². The first kappa shape index (κ1) is 28.1. The predicted octanol–water partition coefficient (Wildman–Crippen LogP) is 10.0. The highest BCUT2D eigenvalue weighted by molar-refractivity contribution is 7.26. The quantitative estimate of drug-likeness (QED) is 0.200. The zero-order valence-corrected chi connectivity index (χ0v) is 27.9. The molecule has 8 rings (SSSR count). The Bertz CT molecular complexity index is 1630. The van der Waals surface area contributed by atoms with E-state index in [2.05, 4.69) is 62.7 Å². The second-order valence-corrected chi connectivity index (χ2v) is 17.4. The first-order chi connectivity index (χ1) is 20.7. The average Bonchev–Trinajstić information content (AvgIpc) is 3.74. The van der Waals surface area contributed by atoms with Gasteiger partial charge in [0.1, 0.15) is 13.2 Å². The van der Waals surface area contributed by atoms with Crippen LogP contribution in [-0.2, 0) is 16.0 Å². The third-order valence-corrected chi connectivity index (χ3v) is 13.5. The zero-order valence-electron chi connectivity index (χ0n) is 25.5. The van der Waals surface area contributed by atoms with Crippen LogP contribution in [0.1, 0.15) is 88.3 Å². The molecule has 0 aromatic carbocycles. The van der Waals surface area contributed by atoms with E-state index in [4.69, 9.17) is 14.2 Å². The van der Waals surface area contributed by atoms with Gasteiger partial charge in [-0.15, -0.1) is 34.0 Å². The maximum atomic E-state index is 13.5. The van der Waals surface area contributed by atoms with E-state index >= 15 is 0 Å². The highest BCUT2D eigenvalue weighted by Crippen LogP contribution is 2.63. The molecule has 0 saturated heterocycles. The lowest BCUT2D eigenvalue weighted by atomic mass is 9.80. The maximum absolute atomic E-state index is 13.5. The maximum Gasteiger partial charge on any atom is 0.309 e. The van der Waals surface area contributed by atoms with Gasteiger partial charge in [-0.3, -0.25) is 4.79 Å². The summed E-state index contributed by atoms with van der Waals surface area (Å²) in [6, 6.07) is 2.33. The number of hydrogen-bond donors (Lipinski definition) is 0. The number of rotatable bonds is 6. The topological polar surface area (TPSA) is 44.8 Å². The van der Waals surface area contributed by atoms with E-state index in [9.17, 15) is 4.79 Å². The molecule has 1 aliphatic heterocycles. The van der Waals surface area contributed by atoms with Gasteiger partial charge in [0.05, 0.1) is 17.4 Å². The molecule has 0 bridgehead atoms. The minimum atomic E-state index is -0.0867. The Morgan fingerprint density at radius 3 is 2.58 bits per heavy atom. The van der Waals surface area contributed by atoms with Gasteiger partial charge < -0.3 is 14.2 Å². The number of fused-ring (bicyclic) bond motifs is 6. The zero-order chi connectivity index (χ0) is 29.5. The minimum Gasteiger partial charge on any atom is -0.485 e. The molecule has 3 atom stereocenters. The normalized spacial score (nSPS) is 26.2. The summed E-state index contributed by atoms with van der Waals surface area (Å²) in [5.41, 5.74) is 6.09. The number of esters is 1. The summed E-state index contributed by atoms with van der Waals surface area (Å²) in [6.07, 6.45) is 13.4. The summed E-state index contributed by atoms with van der Waals surface area (Å²) in [6.45, 7) is 10.5. The molecule has 4 heterocycles. The fourth-order valence-corrected chi connectivity index (χ4v) is 11.2. The number of thiophene rings is 3. The highest BCUT2D eigenvalue weighted by atomic mass is 32.1. The van der Waals surface area contributed by atoms with Crippen LogP contribution in [0.4, 0.5) is 0 Å².